The van der Waals surface area contributed by atoms with E-state index in [4.69, 9.17) is 10.5 Å². The fourth-order valence-corrected chi connectivity index (χ4v) is 2.75. The Morgan fingerprint density at radius 3 is 3.27 bits per heavy atom. The minimum absolute atomic E-state index is 0.633. The summed E-state index contributed by atoms with van der Waals surface area (Å²) in [5.74, 6) is 0.633. The van der Waals surface area contributed by atoms with Crippen molar-refractivity contribution < 1.29 is 4.74 Å². The minimum atomic E-state index is 0.633. The molecule has 1 fully saturated rings. The highest BCUT2D eigenvalue weighted by Gasteiger charge is 2.21. The van der Waals surface area contributed by atoms with Crippen molar-refractivity contribution >= 4 is 21.5 Å². The van der Waals surface area contributed by atoms with E-state index in [-0.39, 0.29) is 0 Å². The lowest BCUT2D eigenvalue weighted by Crippen LogP contribution is -2.37. The van der Waals surface area contributed by atoms with Gasteiger partial charge >= 0.3 is 0 Å². The first-order chi connectivity index (χ1) is 7.29. The molecule has 15 heavy (non-hydrogen) atoms. The third-order valence-corrected chi connectivity index (χ3v) is 3.59. The number of nitrogens with two attached hydrogens (primary N) is 1. The van der Waals surface area contributed by atoms with E-state index in [0.29, 0.717) is 5.92 Å². The molecular formula is C10H17N3OS. The van der Waals surface area contributed by atoms with E-state index >= 15 is 0 Å². The monoisotopic (exact) mass is 227 g/mol. The molecule has 5 heteroatoms. The predicted molar refractivity (Wildman–Crippen MR) is 63.3 cm³/mol. The normalized spacial score (nSPS) is 21.9. The molecule has 0 aromatic carbocycles. The van der Waals surface area contributed by atoms with Crippen LogP contribution in [0.1, 0.15) is 12.8 Å². The van der Waals surface area contributed by atoms with Crippen LogP contribution >= 0.6 is 11.3 Å². The van der Waals surface area contributed by atoms with Gasteiger partial charge in [0.05, 0.1) is 12.8 Å². The fraction of sp³-hybridized carbons (Fsp3) is 0.700. The number of piperidine rings is 1. The lowest BCUT2D eigenvalue weighted by Gasteiger charge is -2.32. The van der Waals surface area contributed by atoms with Gasteiger partial charge in [0, 0.05) is 20.2 Å². The lowest BCUT2D eigenvalue weighted by molar-refractivity contribution is 0.143. The molecule has 1 aliphatic heterocycles. The maximum atomic E-state index is 5.68. The number of hydrogen-bond acceptors (Lipinski definition) is 5. The van der Waals surface area contributed by atoms with Crippen LogP contribution in [0.15, 0.2) is 6.20 Å². The smallest absolute Gasteiger partial charge is 0.187 e. The number of thiazole rings is 1. The van der Waals surface area contributed by atoms with E-state index in [1.807, 2.05) is 0 Å². The summed E-state index contributed by atoms with van der Waals surface area (Å²) in [7, 11) is 1.76. The Hall–Kier alpha value is -0.810. The van der Waals surface area contributed by atoms with Gasteiger partial charge in [-0.05, 0) is 18.8 Å². The van der Waals surface area contributed by atoms with Gasteiger partial charge in [-0.2, -0.15) is 0 Å². The van der Waals surface area contributed by atoms with Crippen LogP contribution in [0.3, 0.4) is 0 Å². The van der Waals surface area contributed by atoms with Crippen LogP contribution in [0.5, 0.6) is 0 Å². The molecule has 0 saturated carbocycles. The summed E-state index contributed by atoms with van der Waals surface area (Å²) in [6, 6.07) is 0. The summed E-state index contributed by atoms with van der Waals surface area (Å²) >= 11 is 1.57. The third-order valence-electron chi connectivity index (χ3n) is 2.70. The average Bonchev–Trinajstić information content (AvgIpc) is 2.66. The van der Waals surface area contributed by atoms with E-state index in [9.17, 15) is 0 Å². The maximum absolute atomic E-state index is 5.68. The summed E-state index contributed by atoms with van der Waals surface area (Å²) in [6.07, 6.45) is 4.21. The predicted octanol–water partition coefficient (Wildman–Crippen LogP) is 1.59. The van der Waals surface area contributed by atoms with E-state index in [0.717, 1.165) is 29.8 Å². The van der Waals surface area contributed by atoms with Crippen molar-refractivity contribution in [2.45, 2.75) is 12.8 Å². The Morgan fingerprint density at radius 2 is 2.60 bits per heavy atom. The Labute approximate surface area is 94.1 Å². The van der Waals surface area contributed by atoms with Crippen molar-refractivity contribution in [3.05, 3.63) is 6.20 Å². The van der Waals surface area contributed by atoms with Crippen LogP contribution in [-0.2, 0) is 4.74 Å². The SMILES string of the molecule is COCC1CCCN(c2ncc(N)s2)C1. The van der Waals surface area contributed by atoms with Gasteiger partial charge in [-0.25, -0.2) is 4.98 Å². The molecule has 2 N–H and O–H groups in total. The Balaban J connectivity index is 1.98. The van der Waals surface area contributed by atoms with Crippen LogP contribution in [0, 0.1) is 5.92 Å². The summed E-state index contributed by atoms with van der Waals surface area (Å²) in [5.41, 5.74) is 5.68. The highest BCUT2D eigenvalue weighted by molar-refractivity contribution is 7.19. The van der Waals surface area contributed by atoms with Gasteiger partial charge in [0.25, 0.3) is 0 Å². The second-order valence-corrected chi connectivity index (χ2v) is 5.00. The van der Waals surface area contributed by atoms with Gasteiger partial charge in [0.2, 0.25) is 0 Å². The third kappa shape index (κ3) is 2.60. The summed E-state index contributed by atoms with van der Waals surface area (Å²) < 4.78 is 5.20. The zero-order chi connectivity index (χ0) is 10.7. The molecular weight excluding hydrogens is 210 g/mol. The van der Waals surface area contributed by atoms with Crippen molar-refractivity contribution in [2.24, 2.45) is 5.92 Å². The molecule has 1 saturated heterocycles. The van der Waals surface area contributed by atoms with Crippen LogP contribution in [0.4, 0.5) is 10.1 Å². The molecule has 84 valence electrons. The molecule has 1 aromatic rings. The second-order valence-electron chi connectivity index (χ2n) is 3.95. The number of nitrogen functional groups attached to an aromatic ring is 1. The van der Waals surface area contributed by atoms with Gasteiger partial charge in [-0.1, -0.05) is 11.3 Å². The zero-order valence-corrected chi connectivity index (χ0v) is 9.80. The quantitative estimate of drug-likeness (QED) is 0.852. The van der Waals surface area contributed by atoms with Crippen molar-refractivity contribution in [3.63, 3.8) is 0 Å². The van der Waals surface area contributed by atoms with E-state index in [1.54, 1.807) is 24.6 Å². The number of hydrogen-bond donors (Lipinski definition) is 1. The van der Waals surface area contributed by atoms with Crippen LogP contribution < -0.4 is 10.6 Å². The zero-order valence-electron chi connectivity index (χ0n) is 8.98. The molecule has 2 rings (SSSR count). The standard InChI is InChI=1S/C10H17N3OS/c1-14-7-8-3-2-4-13(6-8)10-12-5-9(11)15-10/h5,8H,2-4,6-7,11H2,1H3. The number of aromatic nitrogens is 1. The molecule has 4 nitrogen and oxygen atoms in total. The Kier molecular flexibility index (Phi) is 3.43. The molecule has 0 radical (unpaired) electrons. The van der Waals surface area contributed by atoms with Gasteiger partial charge in [-0.3, -0.25) is 0 Å². The van der Waals surface area contributed by atoms with Gasteiger partial charge < -0.3 is 15.4 Å². The number of methoxy groups -OCH3 is 1. The van der Waals surface area contributed by atoms with Crippen molar-refractivity contribution in [2.75, 3.05) is 37.4 Å². The van der Waals surface area contributed by atoms with Gasteiger partial charge in [0.1, 0.15) is 5.00 Å². The van der Waals surface area contributed by atoms with Gasteiger partial charge in [0.15, 0.2) is 5.13 Å². The lowest BCUT2D eigenvalue weighted by atomic mass is 9.99. The van der Waals surface area contributed by atoms with Crippen LogP contribution in [-0.4, -0.2) is 31.8 Å². The summed E-state index contributed by atoms with van der Waals surface area (Å²) in [5, 5.41) is 1.84. The highest BCUT2D eigenvalue weighted by Crippen LogP contribution is 2.28. The fourth-order valence-electron chi connectivity index (χ4n) is 2.03. The molecule has 0 bridgehead atoms. The van der Waals surface area contributed by atoms with E-state index < -0.39 is 0 Å². The first-order valence-electron chi connectivity index (χ1n) is 5.25. The number of ether oxygens (including phenoxy) is 1. The molecule has 1 aliphatic rings. The molecule has 0 amide bonds. The van der Waals surface area contributed by atoms with Crippen molar-refractivity contribution in [3.8, 4) is 0 Å². The van der Waals surface area contributed by atoms with Gasteiger partial charge in [-0.15, -0.1) is 0 Å². The maximum Gasteiger partial charge on any atom is 0.187 e. The summed E-state index contributed by atoms with van der Waals surface area (Å²) in [4.78, 5) is 6.63. The van der Waals surface area contributed by atoms with Crippen LogP contribution in [0.25, 0.3) is 0 Å². The van der Waals surface area contributed by atoms with E-state index in [2.05, 4.69) is 9.88 Å². The van der Waals surface area contributed by atoms with Crippen molar-refractivity contribution in [1.82, 2.24) is 4.98 Å². The topological polar surface area (TPSA) is 51.4 Å². The molecule has 1 atom stereocenters. The molecule has 2 heterocycles. The minimum Gasteiger partial charge on any atom is -0.389 e. The number of rotatable bonds is 3. The Bertz CT molecular complexity index is 313. The van der Waals surface area contributed by atoms with E-state index in [1.165, 1.54) is 12.8 Å². The van der Waals surface area contributed by atoms with Crippen molar-refractivity contribution in [1.29, 1.82) is 0 Å². The molecule has 0 spiro atoms. The van der Waals surface area contributed by atoms with Crippen LogP contribution in [0.2, 0.25) is 0 Å². The molecule has 1 unspecified atom stereocenters. The highest BCUT2D eigenvalue weighted by atomic mass is 32.1. The summed E-state index contributed by atoms with van der Waals surface area (Å²) in [6.45, 7) is 2.98. The molecule has 0 aliphatic carbocycles. The largest absolute Gasteiger partial charge is 0.389 e. The Morgan fingerprint density at radius 1 is 1.73 bits per heavy atom. The second kappa shape index (κ2) is 4.81. The number of anilines is 2. The number of nitrogens with zero attached hydrogens (tertiary/aromatic N) is 2. The first-order valence-corrected chi connectivity index (χ1v) is 6.06. The first kappa shape index (κ1) is 10.7. The average molecular weight is 227 g/mol. The molecule has 1 aromatic heterocycles.